The van der Waals surface area contributed by atoms with Gasteiger partial charge in [0, 0.05) is 24.8 Å². The Morgan fingerprint density at radius 2 is 2.00 bits per heavy atom. The fourth-order valence-electron chi connectivity index (χ4n) is 1.82. The van der Waals surface area contributed by atoms with Crippen molar-refractivity contribution >= 4 is 28.9 Å². The predicted octanol–water partition coefficient (Wildman–Crippen LogP) is 4.12. The van der Waals surface area contributed by atoms with Crippen molar-refractivity contribution in [2.45, 2.75) is 13.5 Å². The molecule has 0 bridgehead atoms. The van der Waals surface area contributed by atoms with E-state index in [0.717, 1.165) is 16.8 Å². The maximum Gasteiger partial charge on any atom is 0.120 e. The molecule has 0 aliphatic carbocycles. The lowest BCUT2D eigenvalue weighted by Crippen LogP contribution is -1.99. The van der Waals surface area contributed by atoms with E-state index in [-0.39, 0.29) is 0 Å². The normalized spacial score (nSPS) is 10.3. The SMILES string of the molecule is Cc1cc(Cl)c(NCc2cc(C#N)n(C)c2)cc1Cl. The average Bonchev–Trinajstić information content (AvgIpc) is 2.73. The molecule has 1 heterocycles. The van der Waals surface area contributed by atoms with Crippen LogP contribution in [0.5, 0.6) is 0 Å². The molecule has 0 amide bonds. The molecule has 0 saturated heterocycles. The number of nitrogens with zero attached hydrogens (tertiary/aromatic N) is 2. The number of aryl methyl sites for hydroxylation is 2. The van der Waals surface area contributed by atoms with Crippen molar-refractivity contribution in [3.05, 3.63) is 51.3 Å². The third kappa shape index (κ3) is 3.04. The summed E-state index contributed by atoms with van der Waals surface area (Å²) in [5.74, 6) is 0. The van der Waals surface area contributed by atoms with Crippen molar-refractivity contribution in [1.29, 1.82) is 5.26 Å². The Morgan fingerprint density at radius 3 is 2.63 bits per heavy atom. The molecule has 98 valence electrons. The molecule has 3 nitrogen and oxygen atoms in total. The molecule has 0 saturated carbocycles. The van der Waals surface area contributed by atoms with Crippen LogP contribution in [0.4, 0.5) is 5.69 Å². The quantitative estimate of drug-likeness (QED) is 0.925. The second-order valence-electron chi connectivity index (χ2n) is 4.39. The van der Waals surface area contributed by atoms with Crippen molar-refractivity contribution in [2.75, 3.05) is 5.32 Å². The van der Waals surface area contributed by atoms with Crippen LogP contribution in [0.15, 0.2) is 24.4 Å². The lowest BCUT2D eigenvalue weighted by Gasteiger charge is -2.09. The number of aromatic nitrogens is 1. The molecule has 5 heteroatoms. The van der Waals surface area contributed by atoms with Crippen molar-refractivity contribution in [3.63, 3.8) is 0 Å². The number of hydrogen-bond acceptors (Lipinski definition) is 2. The first-order valence-electron chi connectivity index (χ1n) is 5.76. The zero-order chi connectivity index (χ0) is 14.0. The molecule has 0 aliphatic heterocycles. The van der Waals surface area contributed by atoms with Crippen LogP contribution < -0.4 is 5.32 Å². The minimum Gasteiger partial charge on any atom is -0.380 e. The van der Waals surface area contributed by atoms with Gasteiger partial charge < -0.3 is 9.88 Å². The first-order chi connectivity index (χ1) is 9.01. The van der Waals surface area contributed by atoms with Gasteiger partial charge in [-0.25, -0.2) is 0 Å². The Kier molecular flexibility index (Phi) is 4.04. The maximum absolute atomic E-state index is 8.90. The van der Waals surface area contributed by atoms with Crippen LogP contribution in [0, 0.1) is 18.3 Å². The van der Waals surface area contributed by atoms with Gasteiger partial charge in [-0.15, -0.1) is 0 Å². The van der Waals surface area contributed by atoms with Gasteiger partial charge in [-0.1, -0.05) is 23.2 Å². The molecule has 0 radical (unpaired) electrons. The lowest BCUT2D eigenvalue weighted by molar-refractivity contribution is 0.902. The van der Waals surface area contributed by atoms with E-state index in [1.165, 1.54) is 0 Å². The summed E-state index contributed by atoms with van der Waals surface area (Å²) in [6, 6.07) is 7.62. The third-order valence-electron chi connectivity index (χ3n) is 2.91. The monoisotopic (exact) mass is 293 g/mol. The smallest absolute Gasteiger partial charge is 0.120 e. The van der Waals surface area contributed by atoms with Gasteiger partial charge in [-0.3, -0.25) is 0 Å². The standard InChI is InChI=1S/C14H13Cl2N3/c1-9-3-13(16)14(5-12(9)15)18-7-10-4-11(6-17)19(2)8-10/h3-5,8,18H,7H2,1-2H3. The highest BCUT2D eigenvalue weighted by atomic mass is 35.5. The Hall–Kier alpha value is -1.63. The largest absolute Gasteiger partial charge is 0.380 e. The van der Waals surface area contributed by atoms with Gasteiger partial charge in [0.1, 0.15) is 11.8 Å². The van der Waals surface area contributed by atoms with E-state index >= 15 is 0 Å². The first kappa shape index (κ1) is 13.8. The van der Waals surface area contributed by atoms with Gasteiger partial charge in [0.2, 0.25) is 0 Å². The summed E-state index contributed by atoms with van der Waals surface area (Å²) >= 11 is 12.2. The molecule has 19 heavy (non-hydrogen) atoms. The molecule has 2 rings (SSSR count). The van der Waals surface area contributed by atoms with Crippen LogP contribution >= 0.6 is 23.2 Å². The number of benzene rings is 1. The van der Waals surface area contributed by atoms with Gasteiger partial charge in [0.05, 0.1) is 10.7 Å². The number of rotatable bonds is 3. The van der Waals surface area contributed by atoms with Crippen LogP contribution in [-0.2, 0) is 13.6 Å². The number of hydrogen-bond donors (Lipinski definition) is 1. The molecule has 1 aromatic carbocycles. The minimum absolute atomic E-state index is 0.592. The van der Waals surface area contributed by atoms with Crippen LogP contribution in [0.2, 0.25) is 10.0 Å². The molecule has 2 aromatic rings. The summed E-state index contributed by atoms with van der Waals surface area (Å²) in [6.45, 7) is 2.50. The number of nitrogens with one attached hydrogen (secondary N) is 1. The van der Waals surface area contributed by atoms with Crippen LogP contribution in [0.25, 0.3) is 0 Å². The maximum atomic E-state index is 8.90. The summed E-state index contributed by atoms with van der Waals surface area (Å²) in [4.78, 5) is 0. The van der Waals surface area contributed by atoms with E-state index in [9.17, 15) is 0 Å². The second-order valence-corrected chi connectivity index (χ2v) is 5.21. The van der Waals surface area contributed by atoms with Gasteiger partial charge >= 0.3 is 0 Å². The molecule has 0 atom stereocenters. The van der Waals surface area contributed by atoms with Crippen LogP contribution in [0.3, 0.4) is 0 Å². The topological polar surface area (TPSA) is 40.8 Å². The summed E-state index contributed by atoms with van der Waals surface area (Å²) in [6.07, 6.45) is 1.91. The molecule has 0 unspecified atom stereocenters. The Balaban J connectivity index is 2.14. The number of halogens is 2. The second kappa shape index (κ2) is 5.56. The van der Waals surface area contributed by atoms with Gasteiger partial charge in [-0.05, 0) is 36.2 Å². The summed E-state index contributed by atoms with van der Waals surface area (Å²) in [5.41, 5.74) is 3.39. The van der Waals surface area contributed by atoms with Crippen LogP contribution in [0.1, 0.15) is 16.8 Å². The Morgan fingerprint density at radius 1 is 1.26 bits per heavy atom. The van der Waals surface area contributed by atoms with E-state index in [1.54, 1.807) is 4.57 Å². The molecule has 1 aromatic heterocycles. The molecule has 1 N–H and O–H groups in total. The molecular weight excluding hydrogens is 281 g/mol. The van der Waals surface area contributed by atoms with Gasteiger partial charge in [-0.2, -0.15) is 5.26 Å². The molecular formula is C14H13Cl2N3. The summed E-state index contributed by atoms with van der Waals surface area (Å²) in [7, 11) is 1.85. The van der Waals surface area contributed by atoms with Crippen molar-refractivity contribution in [3.8, 4) is 6.07 Å². The molecule has 0 aliphatic rings. The van der Waals surface area contributed by atoms with E-state index in [4.69, 9.17) is 28.5 Å². The predicted molar refractivity (Wildman–Crippen MR) is 78.7 cm³/mol. The van der Waals surface area contributed by atoms with Gasteiger partial charge in [0.15, 0.2) is 0 Å². The van der Waals surface area contributed by atoms with Crippen molar-refractivity contribution in [2.24, 2.45) is 7.05 Å². The fraction of sp³-hybridized carbons (Fsp3) is 0.214. The highest BCUT2D eigenvalue weighted by molar-refractivity contribution is 6.35. The molecule has 0 fully saturated rings. The Bertz CT molecular complexity index is 653. The Labute approximate surface area is 122 Å². The third-order valence-corrected chi connectivity index (χ3v) is 3.63. The van der Waals surface area contributed by atoms with Crippen molar-refractivity contribution < 1.29 is 0 Å². The zero-order valence-electron chi connectivity index (χ0n) is 10.7. The lowest BCUT2D eigenvalue weighted by atomic mass is 10.2. The van der Waals surface area contributed by atoms with E-state index in [1.807, 2.05) is 38.4 Å². The van der Waals surface area contributed by atoms with Crippen molar-refractivity contribution in [1.82, 2.24) is 4.57 Å². The average molecular weight is 294 g/mol. The van der Waals surface area contributed by atoms with E-state index < -0.39 is 0 Å². The first-order valence-corrected chi connectivity index (χ1v) is 6.51. The summed E-state index contributed by atoms with van der Waals surface area (Å²) in [5, 5.41) is 13.4. The highest BCUT2D eigenvalue weighted by Gasteiger charge is 2.06. The number of nitriles is 1. The zero-order valence-corrected chi connectivity index (χ0v) is 12.2. The van der Waals surface area contributed by atoms with E-state index in [0.29, 0.717) is 22.3 Å². The summed E-state index contributed by atoms with van der Waals surface area (Å²) < 4.78 is 1.79. The minimum atomic E-state index is 0.592. The fourth-order valence-corrected chi connectivity index (χ4v) is 2.27. The highest BCUT2D eigenvalue weighted by Crippen LogP contribution is 2.29. The van der Waals surface area contributed by atoms with Gasteiger partial charge in [0.25, 0.3) is 0 Å². The van der Waals surface area contributed by atoms with E-state index in [2.05, 4.69) is 11.4 Å². The molecule has 0 spiro atoms. The number of anilines is 1. The van der Waals surface area contributed by atoms with Crippen LogP contribution in [-0.4, -0.2) is 4.57 Å².